The summed E-state index contributed by atoms with van der Waals surface area (Å²) in [6.45, 7) is 3.87. The van der Waals surface area contributed by atoms with E-state index in [4.69, 9.17) is 4.74 Å². The second-order valence-corrected chi connectivity index (χ2v) is 4.26. The lowest BCUT2D eigenvalue weighted by atomic mass is 10.2. The summed E-state index contributed by atoms with van der Waals surface area (Å²) in [5, 5.41) is 3.82. The van der Waals surface area contributed by atoms with Gasteiger partial charge >= 0.3 is 0 Å². The van der Waals surface area contributed by atoms with Gasteiger partial charge in [-0.2, -0.15) is 0 Å². The van der Waals surface area contributed by atoms with Crippen molar-refractivity contribution in [2.24, 2.45) is 0 Å². The van der Waals surface area contributed by atoms with E-state index in [0.29, 0.717) is 5.69 Å². The van der Waals surface area contributed by atoms with Crippen LogP contribution in [0.25, 0.3) is 10.9 Å². The van der Waals surface area contributed by atoms with Crippen molar-refractivity contribution in [1.82, 2.24) is 10.3 Å². The number of rotatable bonds is 3. The van der Waals surface area contributed by atoms with Crippen LogP contribution >= 0.6 is 0 Å². The molecule has 2 rings (SSSR count). The van der Waals surface area contributed by atoms with E-state index in [1.165, 1.54) is 0 Å². The lowest BCUT2D eigenvalue weighted by Gasteiger charge is -2.05. The summed E-state index contributed by atoms with van der Waals surface area (Å²) < 4.78 is 5.14. The molecular formula is C13H16N2O2. The number of benzene rings is 1. The second-order valence-electron chi connectivity index (χ2n) is 4.26. The Kier molecular flexibility index (Phi) is 3.04. The molecule has 0 bridgehead atoms. The quantitative estimate of drug-likeness (QED) is 0.853. The highest BCUT2D eigenvalue weighted by atomic mass is 16.5. The lowest BCUT2D eigenvalue weighted by molar-refractivity contribution is 0.0939. The van der Waals surface area contributed by atoms with Crippen molar-refractivity contribution < 1.29 is 9.53 Å². The Morgan fingerprint density at radius 3 is 2.76 bits per heavy atom. The first-order valence-electron chi connectivity index (χ1n) is 5.58. The second kappa shape index (κ2) is 4.49. The lowest BCUT2D eigenvalue weighted by Crippen LogP contribution is -2.30. The van der Waals surface area contributed by atoms with Gasteiger partial charge in [-0.05, 0) is 38.1 Å². The molecule has 1 amide bonds. The first-order valence-corrected chi connectivity index (χ1v) is 5.58. The molecule has 0 unspecified atom stereocenters. The Bertz CT molecular complexity index is 543. The van der Waals surface area contributed by atoms with Crippen molar-refractivity contribution in [3.05, 3.63) is 30.0 Å². The summed E-state index contributed by atoms with van der Waals surface area (Å²) in [7, 11) is 1.63. The summed E-state index contributed by atoms with van der Waals surface area (Å²) >= 11 is 0. The number of fused-ring (bicyclic) bond motifs is 1. The Balaban J connectivity index is 2.34. The van der Waals surface area contributed by atoms with Crippen LogP contribution in [0.4, 0.5) is 0 Å². The summed E-state index contributed by atoms with van der Waals surface area (Å²) in [6.07, 6.45) is 0. The van der Waals surface area contributed by atoms with Crippen LogP contribution in [0, 0.1) is 0 Å². The monoisotopic (exact) mass is 232 g/mol. The van der Waals surface area contributed by atoms with Crippen molar-refractivity contribution in [1.29, 1.82) is 0 Å². The van der Waals surface area contributed by atoms with Gasteiger partial charge in [0.1, 0.15) is 11.4 Å². The van der Waals surface area contributed by atoms with Gasteiger partial charge in [0.2, 0.25) is 0 Å². The number of nitrogens with one attached hydrogen (secondary N) is 2. The molecule has 4 nitrogen and oxygen atoms in total. The van der Waals surface area contributed by atoms with E-state index in [9.17, 15) is 4.79 Å². The van der Waals surface area contributed by atoms with Crippen LogP contribution in [0.1, 0.15) is 24.3 Å². The molecule has 0 atom stereocenters. The van der Waals surface area contributed by atoms with E-state index in [2.05, 4.69) is 10.3 Å². The van der Waals surface area contributed by atoms with Gasteiger partial charge in [0, 0.05) is 16.9 Å². The number of aromatic nitrogens is 1. The molecule has 2 N–H and O–H groups in total. The zero-order valence-electron chi connectivity index (χ0n) is 10.2. The molecular weight excluding hydrogens is 216 g/mol. The van der Waals surface area contributed by atoms with Crippen LogP contribution in [-0.4, -0.2) is 24.0 Å². The molecule has 0 aliphatic heterocycles. The number of aromatic amines is 1. The molecule has 4 heteroatoms. The molecule has 2 aromatic rings. The van der Waals surface area contributed by atoms with Crippen LogP contribution in [0.3, 0.4) is 0 Å². The molecule has 0 spiro atoms. The minimum absolute atomic E-state index is 0.0878. The molecule has 90 valence electrons. The highest BCUT2D eigenvalue weighted by Crippen LogP contribution is 2.21. The maximum atomic E-state index is 11.8. The van der Waals surface area contributed by atoms with Crippen LogP contribution < -0.4 is 10.1 Å². The van der Waals surface area contributed by atoms with Gasteiger partial charge < -0.3 is 15.0 Å². The Labute approximate surface area is 100.0 Å². The topological polar surface area (TPSA) is 54.1 Å². The minimum atomic E-state index is -0.0878. The van der Waals surface area contributed by atoms with E-state index in [1.54, 1.807) is 7.11 Å². The molecule has 17 heavy (non-hydrogen) atoms. The molecule has 0 aliphatic rings. The zero-order valence-corrected chi connectivity index (χ0v) is 10.2. The van der Waals surface area contributed by atoms with E-state index >= 15 is 0 Å². The highest BCUT2D eigenvalue weighted by Gasteiger charge is 2.10. The number of H-pyrrole nitrogens is 1. The number of hydrogen-bond donors (Lipinski definition) is 2. The number of hydrogen-bond acceptors (Lipinski definition) is 2. The molecule has 0 fully saturated rings. The predicted molar refractivity (Wildman–Crippen MR) is 67.5 cm³/mol. The van der Waals surface area contributed by atoms with Crippen LogP contribution in [-0.2, 0) is 0 Å². The summed E-state index contributed by atoms with van der Waals surface area (Å²) in [5.41, 5.74) is 1.50. The Hall–Kier alpha value is -1.97. The predicted octanol–water partition coefficient (Wildman–Crippen LogP) is 2.31. The molecule has 0 saturated heterocycles. The standard InChI is InChI=1S/C13H16N2O2/c1-8(2)14-13(16)12-7-9-6-10(17-3)4-5-11(9)15-12/h4-8,15H,1-3H3,(H,14,16). The SMILES string of the molecule is COc1ccc2[nH]c(C(=O)NC(C)C)cc2c1. The van der Waals surface area contributed by atoms with Crippen LogP contribution in [0.15, 0.2) is 24.3 Å². The number of methoxy groups -OCH3 is 1. The molecule has 0 aliphatic carbocycles. The molecule has 1 aromatic carbocycles. The van der Waals surface area contributed by atoms with Gasteiger partial charge in [0.15, 0.2) is 0 Å². The van der Waals surface area contributed by atoms with Gasteiger partial charge in [-0.15, -0.1) is 0 Å². The van der Waals surface area contributed by atoms with Crippen molar-refractivity contribution in [3.63, 3.8) is 0 Å². The van der Waals surface area contributed by atoms with Gasteiger partial charge in [-0.25, -0.2) is 0 Å². The van der Waals surface area contributed by atoms with Crippen molar-refractivity contribution in [3.8, 4) is 5.75 Å². The smallest absolute Gasteiger partial charge is 0.267 e. The van der Waals surface area contributed by atoms with E-state index < -0.39 is 0 Å². The number of carbonyl (C=O) groups is 1. The first-order chi connectivity index (χ1) is 8.10. The van der Waals surface area contributed by atoms with Crippen LogP contribution in [0.2, 0.25) is 0 Å². The van der Waals surface area contributed by atoms with Crippen molar-refractivity contribution in [2.75, 3.05) is 7.11 Å². The number of ether oxygens (including phenoxy) is 1. The highest BCUT2D eigenvalue weighted by molar-refractivity contribution is 5.98. The molecule has 1 aromatic heterocycles. The summed E-state index contributed by atoms with van der Waals surface area (Å²) in [5.74, 6) is 0.697. The number of amides is 1. The van der Waals surface area contributed by atoms with E-state index in [-0.39, 0.29) is 11.9 Å². The minimum Gasteiger partial charge on any atom is -0.497 e. The third kappa shape index (κ3) is 2.41. The van der Waals surface area contributed by atoms with Crippen LogP contribution in [0.5, 0.6) is 5.75 Å². The van der Waals surface area contributed by atoms with Gasteiger partial charge in [0.05, 0.1) is 7.11 Å². The normalized spacial score (nSPS) is 10.8. The summed E-state index contributed by atoms with van der Waals surface area (Å²) in [4.78, 5) is 14.9. The molecule has 0 saturated carbocycles. The maximum absolute atomic E-state index is 11.8. The average molecular weight is 232 g/mol. The maximum Gasteiger partial charge on any atom is 0.267 e. The number of carbonyl (C=O) groups excluding carboxylic acids is 1. The fourth-order valence-electron chi connectivity index (χ4n) is 1.70. The third-order valence-corrected chi connectivity index (χ3v) is 2.49. The first kappa shape index (κ1) is 11.5. The fourth-order valence-corrected chi connectivity index (χ4v) is 1.70. The average Bonchev–Trinajstić information content (AvgIpc) is 2.70. The van der Waals surface area contributed by atoms with E-state index in [1.807, 2.05) is 38.1 Å². The Morgan fingerprint density at radius 1 is 1.35 bits per heavy atom. The van der Waals surface area contributed by atoms with Crippen molar-refractivity contribution >= 4 is 16.8 Å². The van der Waals surface area contributed by atoms with Crippen molar-refractivity contribution in [2.45, 2.75) is 19.9 Å². The van der Waals surface area contributed by atoms with Gasteiger partial charge in [-0.3, -0.25) is 4.79 Å². The zero-order chi connectivity index (χ0) is 12.4. The van der Waals surface area contributed by atoms with E-state index in [0.717, 1.165) is 16.7 Å². The molecule has 1 heterocycles. The Morgan fingerprint density at radius 2 is 2.12 bits per heavy atom. The fraction of sp³-hybridized carbons (Fsp3) is 0.308. The molecule has 0 radical (unpaired) electrons. The third-order valence-electron chi connectivity index (χ3n) is 2.49. The van der Waals surface area contributed by atoms with Gasteiger partial charge in [0.25, 0.3) is 5.91 Å². The van der Waals surface area contributed by atoms with Gasteiger partial charge in [-0.1, -0.05) is 0 Å². The largest absolute Gasteiger partial charge is 0.497 e. The summed E-state index contributed by atoms with van der Waals surface area (Å²) in [6, 6.07) is 7.63.